The van der Waals surface area contributed by atoms with Crippen molar-refractivity contribution >= 4 is 17.7 Å². The largest absolute Gasteiger partial charge is 0.435 e. The number of amides is 3. The van der Waals surface area contributed by atoms with Crippen LogP contribution in [0.25, 0.3) is 0 Å². The molecule has 3 aliphatic rings. The van der Waals surface area contributed by atoms with Crippen LogP contribution in [0, 0.1) is 0 Å². The minimum absolute atomic E-state index is 0.123. The summed E-state index contributed by atoms with van der Waals surface area (Å²) in [7, 11) is 0. The van der Waals surface area contributed by atoms with Crippen molar-refractivity contribution in [3.05, 3.63) is 89.5 Å². The number of rotatable bonds is 30. The summed E-state index contributed by atoms with van der Waals surface area (Å²) in [4.78, 5) is 36.6. The molecule has 6 rings (SSSR count). The van der Waals surface area contributed by atoms with Gasteiger partial charge >= 0.3 is 39.7 Å². The predicted octanol–water partition coefficient (Wildman–Crippen LogP) is 9.98. The molecule has 0 aromatic heterocycles. The standard InChI is InChI=1S/3C17H20F5NO4/c3*1-16(25,17(22)5-6-17)8-13(24)23-12(9-26-14(18)19)10-3-2-4-11(7-10)27-15(20)21/h3*2-4,7,12,14-15,25H,5-6,8-9H2,1H3,(H,23,24)/t12-,16?;12-,16+;12-,16-/m000/s1. The van der Waals surface area contributed by atoms with Crippen molar-refractivity contribution in [1.82, 2.24) is 16.0 Å². The van der Waals surface area contributed by atoms with Gasteiger partial charge in [-0.1, -0.05) is 36.4 Å². The SMILES string of the molecule is CC(O)(CC(=O)N[C@@H](COC(F)F)c1cccc(OC(F)F)c1)C1(F)CC1.C[C@@](O)(CC(=O)N[C@@H](COC(F)F)c1cccc(OC(F)F)c1)C1(F)CC1.C[C@](O)(CC(=O)N[C@@H](COC(F)F)c1cccc(OC(F)F)c1)C1(F)CC1. The normalized spacial score (nSPS) is 18.9. The van der Waals surface area contributed by atoms with E-state index in [2.05, 4.69) is 44.4 Å². The summed E-state index contributed by atoms with van der Waals surface area (Å²) < 4.78 is 216. The maximum Gasteiger partial charge on any atom is 0.387 e. The Balaban J connectivity index is 0.000000261. The van der Waals surface area contributed by atoms with Crippen LogP contribution < -0.4 is 30.2 Å². The number of aliphatic hydroxyl groups is 3. The third-order valence-corrected chi connectivity index (χ3v) is 13.1. The molecule has 6 N–H and O–H groups in total. The fourth-order valence-corrected chi connectivity index (χ4v) is 7.99. The molecule has 456 valence electrons. The zero-order valence-electron chi connectivity index (χ0n) is 43.3. The van der Waals surface area contributed by atoms with Gasteiger partial charge in [-0.05, 0) is 112 Å². The van der Waals surface area contributed by atoms with Crippen molar-refractivity contribution in [2.45, 2.75) is 170 Å². The van der Waals surface area contributed by atoms with E-state index in [4.69, 9.17) is 0 Å². The van der Waals surface area contributed by atoms with Crippen LogP contribution in [0.3, 0.4) is 0 Å². The third-order valence-electron chi connectivity index (χ3n) is 13.1. The number of benzene rings is 3. The van der Waals surface area contributed by atoms with Crippen LogP contribution >= 0.6 is 0 Å². The Labute approximate surface area is 453 Å². The van der Waals surface area contributed by atoms with E-state index in [0.29, 0.717) is 0 Å². The molecule has 30 heteroatoms. The van der Waals surface area contributed by atoms with Gasteiger partial charge in [-0.2, -0.15) is 52.7 Å². The first-order chi connectivity index (χ1) is 37.6. The van der Waals surface area contributed by atoms with Crippen LogP contribution in [-0.4, -0.2) is 126 Å². The second kappa shape index (κ2) is 28.9. The number of carbonyl (C=O) groups is 3. The van der Waals surface area contributed by atoms with E-state index in [1.54, 1.807) is 0 Å². The fourth-order valence-electron chi connectivity index (χ4n) is 7.99. The lowest BCUT2D eigenvalue weighted by atomic mass is 9.93. The second-order valence-electron chi connectivity index (χ2n) is 19.7. The minimum Gasteiger partial charge on any atom is -0.435 e. The molecule has 15 nitrogen and oxygen atoms in total. The minimum atomic E-state index is -3.12. The summed E-state index contributed by atoms with van der Waals surface area (Å²) in [5, 5.41) is 37.5. The average Bonchev–Trinajstić information content (AvgIpc) is 4.41. The summed E-state index contributed by atoms with van der Waals surface area (Å²) in [6.07, 6.45) is -1.05. The summed E-state index contributed by atoms with van der Waals surface area (Å²) in [5.41, 5.74) is -10.8. The zero-order chi connectivity index (χ0) is 60.7. The van der Waals surface area contributed by atoms with Crippen molar-refractivity contribution in [3.63, 3.8) is 0 Å². The first-order valence-corrected chi connectivity index (χ1v) is 24.5. The molecule has 3 amide bonds. The predicted molar refractivity (Wildman–Crippen MR) is 253 cm³/mol. The Bertz CT molecular complexity index is 2220. The van der Waals surface area contributed by atoms with Gasteiger partial charge in [0.05, 0.1) is 57.2 Å². The van der Waals surface area contributed by atoms with Gasteiger partial charge < -0.3 is 59.7 Å². The highest BCUT2D eigenvalue weighted by Gasteiger charge is 2.60. The molecular formula is C51H60F15N3O12. The highest BCUT2D eigenvalue weighted by atomic mass is 19.3. The Hall–Kier alpha value is -5.82. The molecule has 0 saturated heterocycles. The topological polar surface area (TPSA) is 203 Å². The van der Waals surface area contributed by atoms with Crippen LogP contribution in [0.4, 0.5) is 65.9 Å². The molecule has 3 aliphatic carbocycles. The van der Waals surface area contributed by atoms with Crippen LogP contribution in [-0.2, 0) is 28.6 Å². The maximum atomic E-state index is 14.1. The molecule has 3 aromatic carbocycles. The van der Waals surface area contributed by atoms with Gasteiger partial charge in [0.2, 0.25) is 17.7 Å². The molecule has 0 bridgehead atoms. The molecule has 3 fully saturated rings. The molecule has 6 atom stereocenters. The summed E-state index contributed by atoms with van der Waals surface area (Å²) >= 11 is 0. The van der Waals surface area contributed by atoms with E-state index in [1.807, 2.05) is 0 Å². The zero-order valence-corrected chi connectivity index (χ0v) is 43.3. The third kappa shape index (κ3) is 22.1. The summed E-state index contributed by atoms with van der Waals surface area (Å²) in [6, 6.07) is 11.9. The van der Waals surface area contributed by atoms with Gasteiger partial charge in [0.1, 0.15) is 51.1 Å². The molecular weight excluding hydrogens is 1130 g/mol. The number of hydrogen-bond donors (Lipinski definition) is 6. The van der Waals surface area contributed by atoms with E-state index in [9.17, 15) is 95.6 Å². The first kappa shape index (κ1) is 67.7. The summed E-state index contributed by atoms with van der Waals surface area (Å²) in [6.45, 7) is -17.0. The number of halogens is 15. The van der Waals surface area contributed by atoms with Crippen molar-refractivity contribution < 1.29 is 124 Å². The lowest BCUT2D eigenvalue weighted by Crippen LogP contribution is -2.44. The summed E-state index contributed by atoms with van der Waals surface area (Å²) in [5.74, 6) is -3.09. The molecule has 0 radical (unpaired) electrons. The van der Waals surface area contributed by atoms with Gasteiger partial charge in [0.15, 0.2) is 0 Å². The quantitative estimate of drug-likeness (QED) is 0.0346. The van der Waals surface area contributed by atoms with Crippen molar-refractivity contribution in [2.24, 2.45) is 0 Å². The van der Waals surface area contributed by atoms with Crippen LogP contribution in [0.15, 0.2) is 72.8 Å². The second-order valence-corrected chi connectivity index (χ2v) is 19.7. The number of ether oxygens (including phenoxy) is 6. The van der Waals surface area contributed by atoms with Crippen molar-refractivity contribution in [1.29, 1.82) is 0 Å². The van der Waals surface area contributed by atoms with Crippen LogP contribution in [0.1, 0.15) is 113 Å². The maximum absolute atomic E-state index is 14.1. The average molecular weight is 1190 g/mol. The highest BCUT2D eigenvalue weighted by Crippen LogP contribution is 2.52. The van der Waals surface area contributed by atoms with E-state index in [0.717, 1.165) is 18.2 Å². The molecule has 3 aromatic rings. The number of alkyl halides is 15. The number of hydrogen-bond acceptors (Lipinski definition) is 12. The molecule has 81 heavy (non-hydrogen) atoms. The molecule has 0 spiro atoms. The smallest absolute Gasteiger partial charge is 0.387 e. The van der Waals surface area contributed by atoms with Gasteiger partial charge in [-0.3, -0.25) is 14.4 Å². The first-order valence-electron chi connectivity index (χ1n) is 24.5. The van der Waals surface area contributed by atoms with Crippen molar-refractivity contribution in [3.8, 4) is 17.2 Å². The fraction of sp³-hybridized carbons (Fsp3) is 0.588. The Morgan fingerprint density at radius 3 is 0.840 bits per heavy atom. The van der Waals surface area contributed by atoms with Crippen molar-refractivity contribution in [2.75, 3.05) is 19.8 Å². The Morgan fingerprint density at radius 2 is 0.654 bits per heavy atom. The van der Waals surface area contributed by atoms with E-state index in [-0.39, 0.29) is 72.5 Å². The number of carbonyl (C=O) groups excluding carboxylic acids is 3. The Kier molecular flexibility index (Phi) is 24.2. The molecule has 0 heterocycles. The lowest BCUT2D eigenvalue weighted by molar-refractivity contribution is -0.142. The molecule has 0 aliphatic heterocycles. The van der Waals surface area contributed by atoms with E-state index >= 15 is 0 Å². The molecule has 1 unspecified atom stereocenters. The highest BCUT2D eigenvalue weighted by molar-refractivity contribution is 5.79. The van der Waals surface area contributed by atoms with Gasteiger partial charge in [-0.25, -0.2) is 13.2 Å². The Morgan fingerprint density at radius 1 is 0.432 bits per heavy atom. The van der Waals surface area contributed by atoms with E-state index < -0.39 is 148 Å². The molecule has 3 saturated carbocycles. The van der Waals surface area contributed by atoms with Gasteiger partial charge in [-0.15, -0.1) is 0 Å². The lowest BCUT2D eigenvalue weighted by Gasteiger charge is -2.28. The van der Waals surface area contributed by atoms with Gasteiger partial charge in [0.25, 0.3) is 0 Å². The van der Waals surface area contributed by atoms with Crippen LogP contribution in [0.5, 0.6) is 17.2 Å². The number of nitrogens with one attached hydrogen (secondary N) is 3. The van der Waals surface area contributed by atoms with E-state index in [1.165, 1.54) is 75.4 Å². The van der Waals surface area contributed by atoms with Gasteiger partial charge in [0, 0.05) is 0 Å². The van der Waals surface area contributed by atoms with Crippen LogP contribution in [0.2, 0.25) is 0 Å². The monoisotopic (exact) mass is 1190 g/mol.